The average Bonchev–Trinajstić information content (AvgIpc) is 2.67. The molecule has 1 aliphatic rings. The molecule has 0 aromatic heterocycles. The highest BCUT2D eigenvalue weighted by Gasteiger charge is 2.28. The minimum atomic E-state index is -3.17. The summed E-state index contributed by atoms with van der Waals surface area (Å²) in [5.41, 5.74) is 0. The van der Waals surface area contributed by atoms with Crippen LogP contribution in [0.1, 0.15) is 19.3 Å². The van der Waals surface area contributed by atoms with E-state index in [0.717, 1.165) is 24.6 Å². The fourth-order valence-electron chi connectivity index (χ4n) is 1.51. The molecule has 84 valence electrons. The molecule has 0 spiro atoms. The summed E-state index contributed by atoms with van der Waals surface area (Å²) in [7, 11) is -1.52. The first-order chi connectivity index (χ1) is 6.59. The van der Waals surface area contributed by atoms with Crippen LogP contribution in [-0.2, 0) is 10.2 Å². The topological polar surface area (TPSA) is 40.6 Å². The quantitative estimate of drug-likeness (QED) is 0.708. The predicted molar refractivity (Wildman–Crippen MR) is 60.8 cm³/mol. The largest absolute Gasteiger partial charge is 0.281 e. The molecule has 1 heterocycles. The summed E-state index contributed by atoms with van der Waals surface area (Å²) < 4.78 is 26.8. The zero-order chi connectivity index (χ0) is 10.6. The first kappa shape index (κ1) is 12.4. The third-order valence-corrected chi connectivity index (χ3v) is 4.94. The van der Waals surface area contributed by atoms with Crippen LogP contribution in [0.2, 0.25) is 0 Å². The molecule has 1 fully saturated rings. The van der Waals surface area contributed by atoms with Crippen molar-refractivity contribution in [3.63, 3.8) is 0 Å². The van der Waals surface area contributed by atoms with E-state index < -0.39 is 10.2 Å². The Balaban J connectivity index is 2.54. The SMILES string of the molecule is CN(CCCBr)S(=O)(=O)N1CCCC1. The average molecular weight is 285 g/mol. The van der Waals surface area contributed by atoms with Gasteiger partial charge in [0.2, 0.25) is 0 Å². The second kappa shape index (κ2) is 5.44. The molecular weight excluding hydrogens is 268 g/mol. The summed E-state index contributed by atoms with van der Waals surface area (Å²) in [6, 6.07) is 0. The molecule has 0 N–H and O–H groups in total. The fraction of sp³-hybridized carbons (Fsp3) is 1.00. The molecule has 0 saturated carbocycles. The Bertz CT molecular complexity index is 263. The molecule has 1 aliphatic heterocycles. The molecule has 0 atom stereocenters. The van der Waals surface area contributed by atoms with Crippen molar-refractivity contribution in [3.8, 4) is 0 Å². The van der Waals surface area contributed by atoms with Gasteiger partial charge in [-0.15, -0.1) is 0 Å². The smallest absolute Gasteiger partial charge is 0.195 e. The van der Waals surface area contributed by atoms with Crippen molar-refractivity contribution in [1.29, 1.82) is 0 Å². The second-order valence-electron chi connectivity index (χ2n) is 3.48. The molecule has 0 radical (unpaired) electrons. The molecular formula is C8H17BrN2O2S. The number of hydrogen-bond donors (Lipinski definition) is 0. The molecule has 0 bridgehead atoms. The summed E-state index contributed by atoms with van der Waals surface area (Å²) in [6.45, 7) is 1.95. The maximum absolute atomic E-state index is 11.9. The Hall–Kier alpha value is 0.350. The van der Waals surface area contributed by atoms with Gasteiger partial charge in [-0.25, -0.2) is 0 Å². The van der Waals surface area contributed by atoms with Gasteiger partial charge in [-0.05, 0) is 19.3 Å². The number of nitrogens with zero attached hydrogens (tertiary/aromatic N) is 2. The van der Waals surface area contributed by atoms with Crippen LogP contribution >= 0.6 is 15.9 Å². The van der Waals surface area contributed by atoms with E-state index in [4.69, 9.17) is 0 Å². The van der Waals surface area contributed by atoms with Crippen LogP contribution in [0.4, 0.5) is 0 Å². The van der Waals surface area contributed by atoms with Crippen molar-refractivity contribution in [2.45, 2.75) is 19.3 Å². The summed E-state index contributed by atoms with van der Waals surface area (Å²) in [5.74, 6) is 0. The summed E-state index contributed by atoms with van der Waals surface area (Å²) in [5, 5.41) is 0.840. The van der Waals surface area contributed by atoms with Crippen LogP contribution in [-0.4, -0.2) is 49.0 Å². The third-order valence-electron chi connectivity index (χ3n) is 2.39. The monoisotopic (exact) mass is 284 g/mol. The lowest BCUT2D eigenvalue weighted by Crippen LogP contribution is -2.40. The standard InChI is InChI=1S/C8H17BrN2O2S/c1-10(6-4-5-9)14(12,13)11-7-2-3-8-11/h2-8H2,1H3. The lowest BCUT2D eigenvalue weighted by molar-refractivity contribution is 0.395. The van der Waals surface area contributed by atoms with Gasteiger partial charge in [-0.1, -0.05) is 15.9 Å². The van der Waals surface area contributed by atoms with E-state index in [1.807, 2.05) is 0 Å². The van der Waals surface area contributed by atoms with Crippen molar-refractivity contribution in [3.05, 3.63) is 0 Å². The fourth-order valence-corrected chi connectivity index (χ4v) is 3.24. The molecule has 4 nitrogen and oxygen atoms in total. The molecule has 6 heteroatoms. The molecule has 0 aliphatic carbocycles. The highest BCUT2D eigenvalue weighted by Crippen LogP contribution is 2.15. The van der Waals surface area contributed by atoms with Gasteiger partial charge >= 0.3 is 0 Å². The van der Waals surface area contributed by atoms with E-state index in [0.29, 0.717) is 19.6 Å². The van der Waals surface area contributed by atoms with Crippen molar-refractivity contribution in [1.82, 2.24) is 8.61 Å². The van der Waals surface area contributed by atoms with Crippen LogP contribution < -0.4 is 0 Å². The Morgan fingerprint density at radius 2 is 1.93 bits per heavy atom. The summed E-state index contributed by atoms with van der Waals surface area (Å²) in [4.78, 5) is 0. The lowest BCUT2D eigenvalue weighted by atomic mass is 10.4. The van der Waals surface area contributed by atoms with E-state index in [9.17, 15) is 8.42 Å². The van der Waals surface area contributed by atoms with Crippen molar-refractivity contribution in [2.24, 2.45) is 0 Å². The van der Waals surface area contributed by atoms with Crippen LogP contribution in [0.5, 0.6) is 0 Å². The van der Waals surface area contributed by atoms with Gasteiger partial charge in [0.25, 0.3) is 10.2 Å². The van der Waals surface area contributed by atoms with Crippen molar-refractivity contribution >= 4 is 26.1 Å². The Morgan fingerprint density at radius 1 is 1.36 bits per heavy atom. The van der Waals surface area contributed by atoms with Gasteiger partial charge < -0.3 is 0 Å². The minimum absolute atomic E-state index is 0.587. The van der Waals surface area contributed by atoms with Gasteiger partial charge in [-0.3, -0.25) is 0 Å². The Kier molecular flexibility index (Phi) is 4.82. The molecule has 14 heavy (non-hydrogen) atoms. The zero-order valence-electron chi connectivity index (χ0n) is 8.45. The van der Waals surface area contributed by atoms with Crippen LogP contribution in [0.15, 0.2) is 0 Å². The Labute approximate surface area is 94.6 Å². The number of rotatable bonds is 5. The van der Waals surface area contributed by atoms with Crippen molar-refractivity contribution in [2.75, 3.05) is 32.0 Å². The normalized spacial score (nSPS) is 19.4. The highest BCUT2D eigenvalue weighted by molar-refractivity contribution is 9.09. The van der Waals surface area contributed by atoms with Crippen LogP contribution in [0.3, 0.4) is 0 Å². The lowest BCUT2D eigenvalue weighted by Gasteiger charge is -2.23. The Morgan fingerprint density at radius 3 is 2.43 bits per heavy atom. The first-order valence-electron chi connectivity index (χ1n) is 4.86. The van der Waals surface area contributed by atoms with Gasteiger partial charge in [0.15, 0.2) is 0 Å². The minimum Gasteiger partial charge on any atom is -0.195 e. The highest BCUT2D eigenvalue weighted by atomic mass is 79.9. The van der Waals surface area contributed by atoms with E-state index >= 15 is 0 Å². The summed E-state index contributed by atoms with van der Waals surface area (Å²) in [6.07, 6.45) is 2.83. The van der Waals surface area contributed by atoms with Crippen molar-refractivity contribution < 1.29 is 8.42 Å². The van der Waals surface area contributed by atoms with Gasteiger partial charge in [0.1, 0.15) is 0 Å². The van der Waals surface area contributed by atoms with E-state index in [-0.39, 0.29) is 0 Å². The first-order valence-corrected chi connectivity index (χ1v) is 7.38. The maximum atomic E-state index is 11.9. The van der Waals surface area contributed by atoms with E-state index in [2.05, 4.69) is 15.9 Å². The third kappa shape index (κ3) is 2.92. The summed E-state index contributed by atoms with van der Waals surface area (Å²) >= 11 is 3.29. The zero-order valence-corrected chi connectivity index (χ0v) is 10.8. The molecule has 1 rings (SSSR count). The molecule has 1 saturated heterocycles. The van der Waals surface area contributed by atoms with E-state index in [1.165, 1.54) is 4.31 Å². The van der Waals surface area contributed by atoms with E-state index in [1.54, 1.807) is 11.4 Å². The van der Waals surface area contributed by atoms with Gasteiger partial charge in [0.05, 0.1) is 0 Å². The second-order valence-corrected chi connectivity index (χ2v) is 6.31. The van der Waals surface area contributed by atoms with Crippen LogP contribution in [0, 0.1) is 0 Å². The maximum Gasteiger partial charge on any atom is 0.281 e. The number of alkyl halides is 1. The number of halogens is 1. The predicted octanol–water partition coefficient (Wildman–Crippen LogP) is 1.04. The molecule has 0 unspecified atom stereocenters. The van der Waals surface area contributed by atoms with Gasteiger partial charge in [-0.2, -0.15) is 17.0 Å². The molecule has 0 aromatic carbocycles. The molecule has 0 aromatic rings. The number of hydrogen-bond acceptors (Lipinski definition) is 2. The van der Waals surface area contributed by atoms with Gasteiger partial charge in [0, 0.05) is 32.0 Å². The van der Waals surface area contributed by atoms with Crippen LogP contribution in [0.25, 0.3) is 0 Å². The molecule has 0 amide bonds.